The number of rotatable bonds is 5. The quantitative estimate of drug-likeness (QED) is 0.306. The molecule has 0 fully saturated rings. The SMILES string of the molecule is COc1ccc(Nc2cc(S(=O)(=O)O)c(N)c3c2C(=O)c2ccccc2C3=O)cc1OC. The Labute approximate surface area is 183 Å². The minimum Gasteiger partial charge on any atom is -0.493 e. The standard InChI is InChI=1S/C22H18N2O7S/c1-30-15-8-7-11(9-16(15)31-2)24-14-10-17(32(27,28)29)20(23)19-18(14)21(25)12-5-3-4-6-13(12)22(19)26/h3-10,24H,23H2,1-2H3,(H,27,28,29). The number of nitrogens with one attached hydrogen (secondary N) is 1. The molecule has 0 atom stereocenters. The van der Waals surface area contributed by atoms with Crippen molar-refractivity contribution in [1.29, 1.82) is 0 Å². The van der Waals surface area contributed by atoms with Crippen molar-refractivity contribution in [2.75, 3.05) is 25.3 Å². The highest BCUT2D eigenvalue weighted by atomic mass is 32.2. The molecule has 0 saturated carbocycles. The lowest BCUT2D eigenvalue weighted by Gasteiger charge is -2.23. The highest BCUT2D eigenvalue weighted by Crippen LogP contribution is 2.40. The topological polar surface area (TPSA) is 145 Å². The Morgan fingerprint density at radius 3 is 2.03 bits per heavy atom. The number of ether oxygens (including phenoxy) is 2. The highest BCUT2D eigenvalue weighted by Gasteiger charge is 2.36. The van der Waals surface area contributed by atoms with Crippen LogP contribution >= 0.6 is 0 Å². The molecular formula is C22H18N2O7S. The van der Waals surface area contributed by atoms with Crippen molar-refractivity contribution in [2.45, 2.75) is 4.90 Å². The zero-order valence-corrected chi connectivity index (χ0v) is 17.8. The van der Waals surface area contributed by atoms with Gasteiger partial charge in [-0.2, -0.15) is 8.42 Å². The van der Waals surface area contributed by atoms with Crippen molar-refractivity contribution in [1.82, 2.24) is 0 Å². The van der Waals surface area contributed by atoms with Gasteiger partial charge in [0.2, 0.25) is 0 Å². The molecule has 4 N–H and O–H groups in total. The Bertz CT molecular complexity index is 1400. The molecule has 0 unspecified atom stereocenters. The summed E-state index contributed by atoms with van der Waals surface area (Å²) < 4.78 is 44.1. The predicted molar refractivity (Wildman–Crippen MR) is 117 cm³/mol. The Morgan fingerprint density at radius 2 is 1.47 bits per heavy atom. The Morgan fingerprint density at radius 1 is 0.875 bits per heavy atom. The predicted octanol–water partition coefficient (Wildman–Crippen LogP) is 3.05. The highest BCUT2D eigenvalue weighted by molar-refractivity contribution is 7.86. The molecule has 0 radical (unpaired) electrons. The summed E-state index contributed by atoms with van der Waals surface area (Å²) in [6, 6.07) is 12.0. The largest absolute Gasteiger partial charge is 0.493 e. The van der Waals surface area contributed by atoms with Crippen LogP contribution in [0.1, 0.15) is 31.8 Å². The van der Waals surface area contributed by atoms with Gasteiger partial charge in [-0.3, -0.25) is 14.1 Å². The molecule has 9 nitrogen and oxygen atoms in total. The lowest BCUT2D eigenvalue weighted by Crippen LogP contribution is -2.25. The molecule has 10 heteroatoms. The van der Waals surface area contributed by atoms with Gasteiger partial charge in [0.15, 0.2) is 23.1 Å². The van der Waals surface area contributed by atoms with Crippen molar-refractivity contribution in [3.8, 4) is 11.5 Å². The van der Waals surface area contributed by atoms with Crippen LogP contribution in [0.5, 0.6) is 11.5 Å². The summed E-state index contributed by atoms with van der Waals surface area (Å²) >= 11 is 0. The van der Waals surface area contributed by atoms with E-state index < -0.39 is 32.3 Å². The van der Waals surface area contributed by atoms with Crippen molar-refractivity contribution >= 4 is 38.7 Å². The number of fused-ring (bicyclic) bond motifs is 2. The normalized spacial score (nSPS) is 12.7. The summed E-state index contributed by atoms with van der Waals surface area (Å²) in [4.78, 5) is 25.8. The molecule has 3 aromatic carbocycles. The number of nitrogen functional groups attached to an aromatic ring is 1. The number of ketones is 2. The van der Waals surface area contributed by atoms with Crippen LogP contribution in [0.4, 0.5) is 17.1 Å². The van der Waals surface area contributed by atoms with Crippen LogP contribution in [-0.2, 0) is 10.1 Å². The van der Waals surface area contributed by atoms with Crippen LogP contribution in [0.2, 0.25) is 0 Å². The van der Waals surface area contributed by atoms with E-state index in [9.17, 15) is 22.6 Å². The van der Waals surface area contributed by atoms with Gasteiger partial charge in [0.25, 0.3) is 10.1 Å². The molecule has 0 spiro atoms. The third-order valence-corrected chi connectivity index (χ3v) is 6.03. The van der Waals surface area contributed by atoms with Crippen LogP contribution in [0.25, 0.3) is 0 Å². The number of benzene rings is 3. The van der Waals surface area contributed by atoms with Gasteiger partial charge in [-0.1, -0.05) is 24.3 Å². The number of carbonyl (C=O) groups is 2. The van der Waals surface area contributed by atoms with Gasteiger partial charge in [-0.05, 0) is 18.2 Å². The first-order valence-corrected chi connectivity index (χ1v) is 10.7. The fourth-order valence-electron chi connectivity index (χ4n) is 3.68. The van der Waals surface area contributed by atoms with E-state index in [2.05, 4.69) is 5.32 Å². The maximum absolute atomic E-state index is 13.3. The molecule has 0 aliphatic heterocycles. The summed E-state index contributed by atoms with van der Waals surface area (Å²) in [7, 11) is -1.88. The maximum Gasteiger partial charge on any atom is 0.296 e. The van der Waals surface area contributed by atoms with Gasteiger partial charge in [-0.25, -0.2) is 0 Å². The Balaban J connectivity index is 1.98. The minimum atomic E-state index is -4.80. The smallest absolute Gasteiger partial charge is 0.296 e. The van der Waals surface area contributed by atoms with Crippen LogP contribution < -0.4 is 20.5 Å². The number of nitrogens with two attached hydrogens (primary N) is 1. The van der Waals surface area contributed by atoms with Gasteiger partial charge >= 0.3 is 0 Å². The number of carbonyl (C=O) groups excluding carboxylic acids is 2. The summed E-state index contributed by atoms with van der Waals surface area (Å²) in [6.45, 7) is 0. The van der Waals surface area contributed by atoms with Crippen molar-refractivity contribution in [2.24, 2.45) is 0 Å². The maximum atomic E-state index is 13.3. The van der Waals surface area contributed by atoms with Gasteiger partial charge in [-0.15, -0.1) is 0 Å². The van der Waals surface area contributed by atoms with Crippen LogP contribution in [0, 0.1) is 0 Å². The van der Waals surface area contributed by atoms with E-state index in [1.54, 1.807) is 30.3 Å². The average molecular weight is 454 g/mol. The van der Waals surface area contributed by atoms with E-state index in [0.717, 1.165) is 6.07 Å². The molecule has 4 rings (SSSR count). The van der Waals surface area contributed by atoms with E-state index in [1.807, 2.05) is 0 Å². The lowest BCUT2D eigenvalue weighted by atomic mass is 9.82. The second-order valence-corrected chi connectivity index (χ2v) is 8.35. The van der Waals surface area contributed by atoms with Gasteiger partial charge < -0.3 is 20.5 Å². The third kappa shape index (κ3) is 3.35. The first-order valence-electron chi connectivity index (χ1n) is 9.28. The van der Waals surface area contributed by atoms with Crippen molar-refractivity contribution < 1.29 is 32.0 Å². The summed E-state index contributed by atoms with van der Waals surface area (Å²) in [5, 5.41) is 2.94. The second-order valence-electron chi connectivity index (χ2n) is 6.96. The zero-order chi connectivity index (χ0) is 23.2. The molecule has 0 bridgehead atoms. The number of methoxy groups -OCH3 is 2. The molecule has 1 aliphatic rings. The number of hydrogen-bond donors (Lipinski definition) is 3. The van der Waals surface area contributed by atoms with Crippen molar-refractivity contribution in [3.05, 3.63) is 70.8 Å². The Kier molecular flexibility index (Phi) is 5.11. The summed E-state index contributed by atoms with van der Waals surface area (Å²) in [6.07, 6.45) is 0. The lowest BCUT2D eigenvalue weighted by molar-refractivity contribution is 0.0980. The van der Waals surface area contributed by atoms with E-state index in [4.69, 9.17) is 15.2 Å². The molecule has 3 aromatic rings. The first-order chi connectivity index (χ1) is 15.2. The molecular weight excluding hydrogens is 436 g/mol. The van der Waals surface area contributed by atoms with Gasteiger partial charge in [0, 0.05) is 22.9 Å². The second kappa shape index (κ2) is 7.66. The first kappa shape index (κ1) is 21.3. The average Bonchev–Trinajstić information content (AvgIpc) is 2.77. The van der Waals surface area contributed by atoms with E-state index in [-0.39, 0.29) is 27.9 Å². The van der Waals surface area contributed by atoms with Gasteiger partial charge in [0.05, 0.1) is 36.7 Å². The van der Waals surface area contributed by atoms with Crippen LogP contribution in [-0.4, -0.2) is 38.8 Å². The molecule has 1 aliphatic carbocycles. The Hall–Kier alpha value is -3.89. The molecule has 0 heterocycles. The van der Waals surface area contributed by atoms with E-state index in [1.165, 1.54) is 26.4 Å². The number of hydrogen-bond acceptors (Lipinski definition) is 8. The third-order valence-electron chi connectivity index (χ3n) is 5.14. The zero-order valence-electron chi connectivity index (χ0n) is 17.0. The summed E-state index contributed by atoms with van der Waals surface area (Å²) in [5.74, 6) is -0.291. The fraction of sp³-hybridized carbons (Fsp3) is 0.0909. The van der Waals surface area contributed by atoms with Crippen molar-refractivity contribution in [3.63, 3.8) is 0 Å². The van der Waals surface area contributed by atoms with Gasteiger partial charge in [0.1, 0.15) is 4.90 Å². The van der Waals surface area contributed by atoms with E-state index in [0.29, 0.717) is 17.2 Å². The monoisotopic (exact) mass is 454 g/mol. The van der Waals surface area contributed by atoms with Crippen LogP contribution in [0.3, 0.4) is 0 Å². The minimum absolute atomic E-state index is 0.0121. The van der Waals surface area contributed by atoms with Crippen LogP contribution in [0.15, 0.2) is 53.4 Å². The van der Waals surface area contributed by atoms with E-state index >= 15 is 0 Å². The molecule has 0 aromatic heterocycles. The molecule has 32 heavy (non-hydrogen) atoms. The summed E-state index contributed by atoms with van der Waals surface area (Å²) in [5.41, 5.74) is 5.77. The number of anilines is 3. The molecule has 0 saturated heterocycles. The fourth-order valence-corrected chi connectivity index (χ4v) is 4.32. The molecule has 164 valence electrons. The molecule has 0 amide bonds.